The van der Waals surface area contributed by atoms with E-state index < -0.39 is 0 Å². The van der Waals surface area contributed by atoms with E-state index in [4.69, 9.17) is 0 Å². The lowest BCUT2D eigenvalue weighted by Gasteiger charge is -2.18. The predicted octanol–water partition coefficient (Wildman–Crippen LogP) is 3.86. The number of allylic oxidation sites excluding steroid dienone is 1. The largest absolute Gasteiger partial charge is 0.378 e. The molecule has 0 radical (unpaired) electrons. The number of benzene rings is 1. The summed E-state index contributed by atoms with van der Waals surface area (Å²) < 4.78 is 0. The SMILES string of the molecule is CCCN(/C=C/Cc1ccccc1)CCC. The van der Waals surface area contributed by atoms with Gasteiger partial charge in [-0.15, -0.1) is 0 Å². The van der Waals surface area contributed by atoms with Crippen molar-refractivity contribution in [3.63, 3.8) is 0 Å². The Morgan fingerprint density at radius 1 is 1.00 bits per heavy atom. The van der Waals surface area contributed by atoms with Crippen LogP contribution in [0.1, 0.15) is 32.3 Å². The molecule has 0 atom stereocenters. The Kier molecular flexibility index (Phi) is 6.39. The average Bonchev–Trinajstić information content (AvgIpc) is 2.31. The van der Waals surface area contributed by atoms with Gasteiger partial charge in [-0.25, -0.2) is 0 Å². The summed E-state index contributed by atoms with van der Waals surface area (Å²) in [5.74, 6) is 0. The second kappa shape index (κ2) is 7.98. The molecule has 1 nitrogen and oxygen atoms in total. The van der Waals surface area contributed by atoms with Crippen LogP contribution < -0.4 is 0 Å². The second-order valence-electron chi connectivity index (χ2n) is 4.11. The number of nitrogens with zero attached hydrogens (tertiary/aromatic N) is 1. The highest BCUT2D eigenvalue weighted by atomic mass is 15.1. The first-order chi connectivity index (χ1) is 7.86. The molecule has 0 amide bonds. The van der Waals surface area contributed by atoms with Gasteiger partial charge in [0.25, 0.3) is 0 Å². The summed E-state index contributed by atoms with van der Waals surface area (Å²) in [6, 6.07) is 10.6. The third kappa shape index (κ3) is 5.01. The molecule has 0 aliphatic heterocycles. The van der Waals surface area contributed by atoms with Crippen molar-refractivity contribution < 1.29 is 0 Å². The molecule has 0 N–H and O–H groups in total. The molecule has 1 aromatic carbocycles. The molecule has 88 valence electrons. The molecule has 0 heterocycles. The van der Waals surface area contributed by atoms with Crippen LogP contribution in [0, 0.1) is 0 Å². The number of rotatable bonds is 7. The van der Waals surface area contributed by atoms with E-state index in [0.29, 0.717) is 0 Å². The normalized spacial score (nSPS) is 10.9. The standard InChI is InChI=1S/C15H23N/c1-3-12-16(13-4-2)14-8-11-15-9-6-5-7-10-15/h5-10,14H,3-4,11-13H2,1-2H3/b14-8+. The molecule has 0 aliphatic carbocycles. The van der Waals surface area contributed by atoms with Gasteiger partial charge >= 0.3 is 0 Å². The molecule has 0 spiro atoms. The third-order valence-corrected chi connectivity index (χ3v) is 2.53. The van der Waals surface area contributed by atoms with E-state index in [1.807, 2.05) is 0 Å². The van der Waals surface area contributed by atoms with Crippen LogP contribution >= 0.6 is 0 Å². The summed E-state index contributed by atoms with van der Waals surface area (Å²) in [7, 11) is 0. The Balaban J connectivity index is 2.39. The molecule has 0 fully saturated rings. The molecule has 0 aromatic heterocycles. The van der Waals surface area contributed by atoms with Crippen LogP contribution in [0.4, 0.5) is 0 Å². The minimum atomic E-state index is 1.03. The van der Waals surface area contributed by atoms with Crippen molar-refractivity contribution in [2.75, 3.05) is 13.1 Å². The summed E-state index contributed by atoms with van der Waals surface area (Å²) in [5.41, 5.74) is 1.38. The zero-order valence-corrected chi connectivity index (χ0v) is 10.5. The Labute approximate surface area is 99.8 Å². The van der Waals surface area contributed by atoms with Gasteiger partial charge in [0.15, 0.2) is 0 Å². The molecule has 1 rings (SSSR count). The van der Waals surface area contributed by atoms with Crippen LogP contribution in [0.2, 0.25) is 0 Å². The van der Waals surface area contributed by atoms with E-state index in [2.05, 4.69) is 61.4 Å². The van der Waals surface area contributed by atoms with E-state index in [1.54, 1.807) is 0 Å². The highest BCUT2D eigenvalue weighted by molar-refractivity contribution is 5.17. The van der Waals surface area contributed by atoms with Crippen molar-refractivity contribution >= 4 is 0 Å². The highest BCUT2D eigenvalue weighted by Gasteiger charge is 1.94. The topological polar surface area (TPSA) is 3.24 Å². The summed E-state index contributed by atoms with van der Waals surface area (Å²) >= 11 is 0. The van der Waals surface area contributed by atoms with Crippen LogP contribution in [-0.2, 0) is 6.42 Å². The molecule has 0 saturated carbocycles. The average molecular weight is 217 g/mol. The lowest BCUT2D eigenvalue weighted by molar-refractivity contribution is 0.375. The molecule has 0 unspecified atom stereocenters. The van der Waals surface area contributed by atoms with Crippen molar-refractivity contribution in [1.29, 1.82) is 0 Å². The molecular weight excluding hydrogens is 194 g/mol. The predicted molar refractivity (Wildman–Crippen MR) is 71.4 cm³/mol. The van der Waals surface area contributed by atoms with Crippen molar-refractivity contribution in [1.82, 2.24) is 4.90 Å². The summed E-state index contributed by atoms with van der Waals surface area (Å²) in [4.78, 5) is 2.41. The molecule has 0 saturated heterocycles. The van der Waals surface area contributed by atoms with Gasteiger partial charge in [-0.05, 0) is 31.0 Å². The first kappa shape index (κ1) is 12.8. The van der Waals surface area contributed by atoms with Crippen LogP contribution in [0.25, 0.3) is 0 Å². The fourth-order valence-electron chi connectivity index (χ4n) is 1.79. The fourth-order valence-corrected chi connectivity index (χ4v) is 1.79. The Morgan fingerprint density at radius 3 is 2.19 bits per heavy atom. The Hall–Kier alpha value is -1.24. The second-order valence-corrected chi connectivity index (χ2v) is 4.11. The Morgan fingerprint density at radius 2 is 1.62 bits per heavy atom. The van der Waals surface area contributed by atoms with Gasteiger partial charge in [-0.1, -0.05) is 50.3 Å². The maximum absolute atomic E-state index is 2.41. The summed E-state index contributed by atoms with van der Waals surface area (Å²) in [5, 5.41) is 0. The van der Waals surface area contributed by atoms with Crippen molar-refractivity contribution in [3.05, 3.63) is 48.2 Å². The molecule has 1 aromatic rings. The third-order valence-electron chi connectivity index (χ3n) is 2.53. The smallest absolute Gasteiger partial charge is 0.0169 e. The number of hydrogen-bond donors (Lipinski definition) is 0. The van der Waals surface area contributed by atoms with Crippen molar-refractivity contribution in [3.8, 4) is 0 Å². The van der Waals surface area contributed by atoms with Crippen molar-refractivity contribution in [2.45, 2.75) is 33.1 Å². The van der Waals surface area contributed by atoms with Gasteiger partial charge < -0.3 is 4.90 Å². The Bertz CT molecular complexity index is 284. The van der Waals surface area contributed by atoms with Gasteiger partial charge in [-0.3, -0.25) is 0 Å². The quantitative estimate of drug-likeness (QED) is 0.670. The minimum Gasteiger partial charge on any atom is -0.378 e. The minimum absolute atomic E-state index is 1.03. The van der Waals surface area contributed by atoms with E-state index in [0.717, 1.165) is 6.42 Å². The monoisotopic (exact) mass is 217 g/mol. The maximum atomic E-state index is 2.41. The van der Waals surface area contributed by atoms with Crippen molar-refractivity contribution in [2.24, 2.45) is 0 Å². The van der Waals surface area contributed by atoms with Gasteiger partial charge in [0.05, 0.1) is 0 Å². The van der Waals surface area contributed by atoms with Crippen LogP contribution in [0.5, 0.6) is 0 Å². The van der Waals surface area contributed by atoms with Gasteiger partial charge in [-0.2, -0.15) is 0 Å². The van der Waals surface area contributed by atoms with Gasteiger partial charge in [0.1, 0.15) is 0 Å². The van der Waals surface area contributed by atoms with E-state index in [1.165, 1.54) is 31.5 Å². The molecule has 0 aliphatic rings. The number of hydrogen-bond acceptors (Lipinski definition) is 1. The maximum Gasteiger partial charge on any atom is 0.0169 e. The zero-order chi connectivity index (χ0) is 11.6. The van der Waals surface area contributed by atoms with E-state index in [-0.39, 0.29) is 0 Å². The molecule has 1 heteroatoms. The lowest BCUT2D eigenvalue weighted by atomic mass is 10.1. The molecule has 0 bridgehead atoms. The van der Waals surface area contributed by atoms with E-state index >= 15 is 0 Å². The fraction of sp³-hybridized carbons (Fsp3) is 0.467. The van der Waals surface area contributed by atoms with E-state index in [9.17, 15) is 0 Å². The van der Waals surface area contributed by atoms with Gasteiger partial charge in [0, 0.05) is 13.1 Å². The van der Waals surface area contributed by atoms with Gasteiger partial charge in [0.2, 0.25) is 0 Å². The lowest BCUT2D eigenvalue weighted by Crippen LogP contribution is -2.18. The van der Waals surface area contributed by atoms with Crippen LogP contribution in [-0.4, -0.2) is 18.0 Å². The summed E-state index contributed by atoms with van der Waals surface area (Å²) in [6.45, 7) is 6.79. The summed E-state index contributed by atoms with van der Waals surface area (Å²) in [6.07, 6.45) is 7.98. The highest BCUT2D eigenvalue weighted by Crippen LogP contribution is 2.02. The first-order valence-corrected chi connectivity index (χ1v) is 6.31. The zero-order valence-electron chi connectivity index (χ0n) is 10.5. The first-order valence-electron chi connectivity index (χ1n) is 6.31. The van der Waals surface area contributed by atoms with Crippen LogP contribution in [0.15, 0.2) is 42.6 Å². The van der Waals surface area contributed by atoms with Crippen LogP contribution in [0.3, 0.4) is 0 Å². The molecular formula is C15H23N. The molecule has 16 heavy (non-hydrogen) atoms.